The van der Waals surface area contributed by atoms with Crippen LogP contribution < -0.4 is 5.32 Å². The number of thiazole rings is 1. The highest BCUT2D eigenvalue weighted by Gasteiger charge is 2.35. The third-order valence-corrected chi connectivity index (χ3v) is 10.6. The number of anilines is 1. The van der Waals surface area contributed by atoms with E-state index in [-0.39, 0.29) is 36.5 Å². The smallest absolute Gasteiger partial charge is 0.226 e. The van der Waals surface area contributed by atoms with Gasteiger partial charge in [0.05, 0.1) is 10.6 Å². The molecule has 166 valence electrons. The van der Waals surface area contributed by atoms with Gasteiger partial charge in [0, 0.05) is 11.1 Å². The first-order chi connectivity index (χ1) is 13.8. The summed E-state index contributed by atoms with van der Waals surface area (Å²) in [5, 5.41) is 3.79. The topological polar surface area (TPSA) is 93.2 Å². The summed E-state index contributed by atoms with van der Waals surface area (Å²) < 4.78 is 51.3. The van der Waals surface area contributed by atoms with Crippen LogP contribution >= 0.6 is 22.9 Å². The van der Waals surface area contributed by atoms with Crippen LogP contribution in [-0.4, -0.2) is 33.6 Å². The molecule has 10 heteroatoms. The van der Waals surface area contributed by atoms with E-state index in [1.807, 2.05) is 0 Å². The Labute approximate surface area is 187 Å². The summed E-state index contributed by atoms with van der Waals surface area (Å²) in [6, 6.07) is 5.83. The monoisotopic (exact) mass is 490 g/mol. The maximum Gasteiger partial charge on any atom is 0.226 e. The number of aromatic nitrogens is 1. The maximum atomic E-state index is 13.3. The van der Waals surface area contributed by atoms with Gasteiger partial charge in [-0.1, -0.05) is 50.6 Å². The molecule has 1 saturated carbocycles. The highest BCUT2D eigenvalue weighted by molar-refractivity contribution is 7.94. The number of rotatable bonds is 6. The standard InChI is InChI=1S/C20H27ClN2O4S3/c1-5-29(24,25)19-23-18(30(26,27)16-8-6-14(21)7-9-16)17(28-19)22-15-10-13(2)11-20(3,4)12-15/h6-9,13,15,22H,5,10-12H2,1-4H3/t13-,15-/m0/s1. The lowest BCUT2D eigenvalue weighted by Gasteiger charge is -2.39. The molecular formula is C20H27ClN2O4S3. The minimum Gasteiger partial charge on any atom is -0.372 e. The van der Waals surface area contributed by atoms with Crippen molar-refractivity contribution in [1.29, 1.82) is 0 Å². The van der Waals surface area contributed by atoms with Crippen LogP contribution in [0.4, 0.5) is 5.00 Å². The van der Waals surface area contributed by atoms with Crippen molar-refractivity contribution < 1.29 is 16.8 Å². The molecule has 0 bridgehead atoms. The molecule has 1 aromatic carbocycles. The van der Waals surface area contributed by atoms with Crippen molar-refractivity contribution in [2.75, 3.05) is 11.1 Å². The first-order valence-corrected chi connectivity index (χ1v) is 14.2. The Bertz CT molecular complexity index is 1120. The van der Waals surface area contributed by atoms with E-state index in [2.05, 4.69) is 31.1 Å². The zero-order valence-electron chi connectivity index (χ0n) is 17.5. The minimum absolute atomic E-state index is 0.0260. The van der Waals surface area contributed by atoms with Gasteiger partial charge >= 0.3 is 0 Å². The third kappa shape index (κ3) is 5.00. The number of sulfone groups is 2. The highest BCUT2D eigenvalue weighted by atomic mass is 35.5. The van der Waals surface area contributed by atoms with Gasteiger partial charge in [0.2, 0.25) is 24.0 Å². The lowest BCUT2D eigenvalue weighted by Crippen LogP contribution is -2.35. The van der Waals surface area contributed by atoms with E-state index in [1.165, 1.54) is 31.2 Å². The molecule has 6 nitrogen and oxygen atoms in total. The average Bonchev–Trinajstić information content (AvgIpc) is 3.05. The van der Waals surface area contributed by atoms with Crippen LogP contribution in [0.25, 0.3) is 0 Å². The molecule has 0 amide bonds. The van der Waals surface area contributed by atoms with E-state index in [0.717, 1.165) is 30.6 Å². The molecule has 30 heavy (non-hydrogen) atoms. The van der Waals surface area contributed by atoms with Crippen molar-refractivity contribution in [3.8, 4) is 0 Å². The molecule has 0 aliphatic heterocycles. The molecule has 0 unspecified atom stereocenters. The lowest BCUT2D eigenvalue weighted by atomic mass is 9.71. The van der Waals surface area contributed by atoms with Crippen molar-refractivity contribution in [3.63, 3.8) is 0 Å². The van der Waals surface area contributed by atoms with Crippen LogP contribution in [-0.2, 0) is 19.7 Å². The molecule has 1 aliphatic rings. The molecule has 1 aliphatic carbocycles. The second-order valence-corrected chi connectivity index (χ2v) is 14.5. The van der Waals surface area contributed by atoms with Crippen molar-refractivity contribution in [2.24, 2.45) is 11.3 Å². The fourth-order valence-corrected chi connectivity index (χ4v) is 8.37. The molecule has 3 rings (SSSR count). The van der Waals surface area contributed by atoms with Gasteiger partial charge in [0.25, 0.3) is 0 Å². The normalized spacial score (nSPS) is 22.0. The molecule has 2 atom stereocenters. The fourth-order valence-electron chi connectivity index (χ4n) is 4.18. The maximum absolute atomic E-state index is 13.3. The Hall–Kier alpha value is -1.16. The highest BCUT2D eigenvalue weighted by Crippen LogP contribution is 2.42. The van der Waals surface area contributed by atoms with E-state index < -0.39 is 19.7 Å². The molecule has 1 aromatic heterocycles. The predicted octanol–water partition coefficient (Wildman–Crippen LogP) is 5.05. The summed E-state index contributed by atoms with van der Waals surface area (Å²) in [4.78, 5) is 4.12. The minimum atomic E-state index is -4.01. The van der Waals surface area contributed by atoms with E-state index in [4.69, 9.17) is 11.6 Å². The fraction of sp³-hybridized carbons (Fsp3) is 0.550. The van der Waals surface area contributed by atoms with Crippen LogP contribution in [0.1, 0.15) is 47.0 Å². The molecular weight excluding hydrogens is 464 g/mol. The molecule has 0 spiro atoms. The molecule has 0 radical (unpaired) electrons. The molecule has 2 aromatic rings. The Kier molecular flexibility index (Phi) is 6.59. The number of halogens is 1. The third-order valence-electron chi connectivity index (χ3n) is 5.32. The summed E-state index contributed by atoms with van der Waals surface area (Å²) in [5.74, 6) is 0.336. The van der Waals surface area contributed by atoms with Crippen LogP contribution in [0.5, 0.6) is 0 Å². The van der Waals surface area contributed by atoms with Crippen LogP contribution in [0, 0.1) is 11.3 Å². The number of nitrogens with zero attached hydrogens (tertiary/aromatic N) is 1. The molecule has 1 fully saturated rings. The predicted molar refractivity (Wildman–Crippen MR) is 121 cm³/mol. The Morgan fingerprint density at radius 2 is 1.80 bits per heavy atom. The van der Waals surface area contributed by atoms with Crippen molar-refractivity contribution in [3.05, 3.63) is 29.3 Å². The average molecular weight is 491 g/mol. The van der Waals surface area contributed by atoms with Crippen LogP contribution in [0.2, 0.25) is 5.02 Å². The second kappa shape index (κ2) is 8.41. The largest absolute Gasteiger partial charge is 0.372 e. The van der Waals surface area contributed by atoms with Crippen LogP contribution in [0.15, 0.2) is 38.5 Å². The van der Waals surface area contributed by atoms with Gasteiger partial charge in [-0.15, -0.1) is 0 Å². The zero-order chi connectivity index (χ0) is 22.3. The second-order valence-electron chi connectivity index (χ2n) is 8.73. The summed E-state index contributed by atoms with van der Waals surface area (Å²) in [6.07, 6.45) is 2.85. The Morgan fingerprint density at radius 3 is 2.37 bits per heavy atom. The van der Waals surface area contributed by atoms with Crippen LogP contribution in [0.3, 0.4) is 0 Å². The van der Waals surface area contributed by atoms with Gasteiger partial charge in [-0.05, 0) is 54.9 Å². The van der Waals surface area contributed by atoms with Gasteiger partial charge < -0.3 is 5.32 Å². The first kappa shape index (κ1) is 23.5. The zero-order valence-corrected chi connectivity index (χ0v) is 20.7. The number of benzene rings is 1. The van der Waals surface area contributed by atoms with Gasteiger partial charge in [-0.3, -0.25) is 0 Å². The van der Waals surface area contributed by atoms with E-state index in [9.17, 15) is 16.8 Å². The number of hydrogen-bond donors (Lipinski definition) is 1. The van der Waals surface area contributed by atoms with E-state index in [1.54, 1.807) is 0 Å². The van der Waals surface area contributed by atoms with Gasteiger partial charge in [-0.25, -0.2) is 21.8 Å². The van der Waals surface area contributed by atoms with Gasteiger partial charge in [-0.2, -0.15) is 0 Å². The lowest BCUT2D eigenvalue weighted by molar-refractivity contribution is 0.178. The first-order valence-electron chi connectivity index (χ1n) is 9.85. The summed E-state index contributed by atoms with van der Waals surface area (Å²) in [7, 11) is -7.66. The van der Waals surface area contributed by atoms with Crippen molar-refractivity contribution in [2.45, 2.75) is 67.3 Å². The summed E-state index contributed by atoms with van der Waals surface area (Å²) in [5.41, 5.74) is 0.119. The number of nitrogens with one attached hydrogen (secondary N) is 1. The molecule has 1 heterocycles. The SMILES string of the molecule is CCS(=O)(=O)c1nc(S(=O)(=O)c2ccc(Cl)cc2)c(N[C@H]2C[C@H](C)CC(C)(C)C2)s1. The van der Waals surface area contributed by atoms with Gasteiger partial charge in [0.15, 0.2) is 5.03 Å². The van der Waals surface area contributed by atoms with Crippen molar-refractivity contribution >= 4 is 47.6 Å². The van der Waals surface area contributed by atoms with E-state index >= 15 is 0 Å². The number of hydrogen-bond acceptors (Lipinski definition) is 7. The summed E-state index contributed by atoms with van der Waals surface area (Å²) in [6.45, 7) is 8.09. The van der Waals surface area contributed by atoms with Gasteiger partial charge in [0.1, 0.15) is 5.00 Å². The Balaban J connectivity index is 2.07. The quantitative estimate of drug-likeness (QED) is 0.609. The summed E-state index contributed by atoms with van der Waals surface area (Å²) >= 11 is 6.79. The van der Waals surface area contributed by atoms with E-state index in [0.29, 0.717) is 10.9 Å². The Morgan fingerprint density at radius 1 is 1.17 bits per heavy atom. The molecule has 0 saturated heterocycles. The molecule has 1 N–H and O–H groups in total. The van der Waals surface area contributed by atoms with Crippen molar-refractivity contribution in [1.82, 2.24) is 4.98 Å².